The summed E-state index contributed by atoms with van der Waals surface area (Å²) in [7, 11) is 0. The van der Waals surface area contributed by atoms with E-state index in [1.165, 1.54) is 0 Å². The molecule has 25 heavy (non-hydrogen) atoms. The molecule has 4 nitrogen and oxygen atoms in total. The van der Waals surface area contributed by atoms with Crippen LogP contribution in [0.1, 0.15) is 35.2 Å². The Morgan fingerprint density at radius 1 is 1.20 bits per heavy atom. The maximum absolute atomic E-state index is 12.5. The van der Waals surface area contributed by atoms with E-state index >= 15 is 0 Å². The van der Waals surface area contributed by atoms with Gasteiger partial charge in [0.05, 0.1) is 10.6 Å². The van der Waals surface area contributed by atoms with Crippen molar-refractivity contribution >= 4 is 17.4 Å². The van der Waals surface area contributed by atoms with Gasteiger partial charge in [0.25, 0.3) is 0 Å². The monoisotopic (exact) mass is 354 g/mol. The zero-order valence-corrected chi connectivity index (χ0v) is 14.6. The predicted octanol–water partition coefficient (Wildman–Crippen LogP) is 4.58. The van der Waals surface area contributed by atoms with Crippen molar-refractivity contribution in [1.29, 1.82) is 5.26 Å². The lowest BCUT2D eigenvalue weighted by Gasteiger charge is -2.21. The Bertz CT molecular complexity index is 808. The van der Waals surface area contributed by atoms with E-state index in [4.69, 9.17) is 21.6 Å². The SMILES string of the molecule is N#Cc1ccccc1Oc1ccc(C(=O)CC2CCNCC2)cc1Cl. The maximum Gasteiger partial charge on any atom is 0.163 e. The summed E-state index contributed by atoms with van der Waals surface area (Å²) >= 11 is 6.29. The van der Waals surface area contributed by atoms with Crippen LogP contribution in [0.3, 0.4) is 0 Å². The van der Waals surface area contributed by atoms with Crippen molar-refractivity contribution in [3.63, 3.8) is 0 Å². The molecule has 0 radical (unpaired) electrons. The van der Waals surface area contributed by atoms with Gasteiger partial charge in [-0.25, -0.2) is 0 Å². The largest absolute Gasteiger partial charge is 0.454 e. The summed E-state index contributed by atoms with van der Waals surface area (Å²) in [6.45, 7) is 1.95. The van der Waals surface area contributed by atoms with Crippen LogP contribution in [-0.2, 0) is 0 Å². The van der Waals surface area contributed by atoms with Crippen LogP contribution in [-0.4, -0.2) is 18.9 Å². The molecule has 1 aliphatic heterocycles. The third-order valence-electron chi connectivity index (χ3n) is 4.41. The molecular formula is C20H19ClN2O2. The first-order valence-corrected chi connectivity index (χ1v) is 8.75. The van der Waals surface area contributed by atoms with Crippen LogP contribution < -0.4 is 10.1 Å². The zero-order chi connectivity index (χ0) is 17.6. The highest BCUT2D eigenvalue weighted by atomic mass is 35.5. The molecule has 0 spiro atoms. The molecule has 128 valence electrons. The summed E-state index contributed by atoms with van der Waals surface area (Å²) in [5, 5.41) is 12.8. The number of halogens is 1. The number of para-hydroxylation sites is 1. The third kappa shape index (κ3) is 4.39. The van der Waals surface area contributed by atoms with Gasteiger partial charge in [-0.1, -0.05) is 23.7 Å². The molecular weight excluding hydrogens is 336 g/mol. The highest BCUT2D eigenvalue weighted by Gasteiger charge is 2.18. The minimum atomic E-state index is 0.109. The van der Waals surface area contributed by atoms with Gasteiger partial charge < -0.3 is 10.1 Å². The van der Waals surface area contributed by atoms with Crippen molar-refractivity contribution in [2.75, 3.05) is 13.1 Å². The summed E-state index contributed by atoms with van der Waals surface area (Å²) < 4.78 is 5.74. The van der Waals surface area contributed by atoms with Crippen LogP contribution in [0.4, 0.5) is 0 Å². The minimum absolute atomic E-state index is 0.109. The average Bonchev–Trinajstić information content (AvgIpc) is 2.64. The fourth-order valence-electron chi connectivity index (χ4n) is 2.99. The van der Waals surface area contributed by atoms with Gasteiger partial charge in [-0.05, 0) is 62.2 Å². The Hall–Kier alpha value is -2.35. The lowest BCUT2D eigenvalue weighted by Crippen LogP contribution is -2.28. The molecule has 0 bridgehead atoms. The zero-order valence-electron chi connectivity index (χ0n) is 13.8. The van der Waals surface area contributed by atoms with E-state index in [0.717, 1.165) is 25.9 Å². The van der Waals surface area contributed by atoms with E-state index < -0.39 is 0 Å². The predicted molar refractivity (Wildman–Crippen MR) is 97.2 cm³/mol. The molecule has 1 saturated heterocycles. The molecule has 0 aromatic heterocycles. The molecule has 0 unspecified atom stereocenters. The van der Waals surface area contributed by atoms with Crippen molar-refractivity contribution < 1.29 is 9.53 Å². The Labute approximate surface area is 152 Å². The molecule has 1 N–H and O–H groups in total. The third-order valence-corrected chi connectivity index (χ3v) is 4.71. The topological polar surface area (TPSA) is 62.1 Å². The van der Waals surface area contributed by atoms with Gasteiger partial charge in [-0.15, -0.1) is 0 Å². The number of carbonyl (C=O) groups excluding carboxylic acids is 1. The smallest absolute Gasteiger partial charge is 0.163 e. The first kappa shape index (κ1) is 17.5. The van der Waals surface area contributed by atoms with Crippen LogP contribution in [0.25, 0.3) is 0 Å². The number of Topliss-reactive ketones (excluding diaryl/α,β-unsaturated/α-hetero) is 1. The van der Waals surface area contributed by atoms with E-state index in [1.54, 1.807) is 42.5 Å². The van der Waals surface area contributed by atoms with Crippen LogP contribution in [0.2, 0.25) is 5.02 Å². The molecule has 3 rings (SSSR count). The number of hydrogen-bond acceptors (Lipinski definition) is 4. The van der Waals surface area contributed by atoms with Gasteiger partial charge in [0.2, 0.25) is 0 Å². The van der Waals surface area contributed by atoms with Crippen LogP contribution in [0, 0.1) is 17.2 Å². The standard InChI is InChI=1S/C20H19ClN2O2/c21-17-12-15(18(24)11-14-7-9-23-10-8-14)5-6-20(17)25-19-4-2-1-3-16(19)13-22/h1-6,12,14,23H,7-11H2. The fraction of sp³-hybridized carbons (Fsp3) is 0.300. The summed E-state index contributed by atoms with van der Waals surface area (Å²) in [4.78, 5) is 12.5. The van der Waals surface area contributed by atoms with Gasteiger partial charge in [-0.2, -0.15) is 5.26 Å². The second kappa shape index (κ2) is 8.15. The first-order valence-electron chi connectivity index (χ1n) is 8.38. The highest BCUT2D eigenvalue weighted by Crippen LogP contribution is 2.32. The highest BCUT2D eigenvalue weighted by molar-refractivity contribution is 6.32. The van der Waals surface area contributed by atoms with Gasteiger partial charge in [-0.3, -0.25) is 4.79 Å². The Kier molecular flexibility index (Phi) is 5.70. The Morgan fingerprint density at radius 2 is 1.96 bits per heavy atom. The normalized spacial score (nSPS) is 14.7. The van der Waals surface area contributed by atoms with Crippen molar-refractivity contribution in [1.82, 2.24) is 5.32 Å². The molecule has 1 aliphatic rings. The molecule has 0 atom stereocenters. The minimum Gasteiger partial charge on any atom is -0.454 e. The summed E-state index contributed by atoms with van der Waals surface area (Å²) in [5.41, 5.74) is 1.04. The summed E-state index contributed by atoms with van der Waals surface area (Å²) in [6.07, 6.45) is 2.62. The van der Waals surface area contributed by atoms with E-state index in [1.807, 2.05) is 0 Å². The maximum atomic E-state index is 12.5. The number of hydrogen-bond donors (Lipinski definition) is 1. The second-order valence-electron chi connectivity index (χ2n) is 6.18. The molecule has 1 fully saturated rings. The number of nitriles is 1. The number of piperidine rings is 1. The number of benzene rings is 2. The van der Waals surface area contributed by atoms with Crippen LogP contribution in [0.5, 0.6) is 11.5 Å². The van der Waals surface area contributed by atoms with Crippen LogP contribution >= 0.6 is 11.6 Å². The van der Waals surface area contributed by atoms with Crippen molar-refractivity contribution in [2.45, 2.75) is 19.3 Å². The molecule has 5 heteroatoms. The molecule has 2 aromatic rings. The molecule has 0 aliphatic carbocycles. The van der Waals surface area contributed by atoms with Gasteiger partial charge in [0.15, 0.2) is 5.78 Å². The number of nitrogens with zero attached hydrogens (tertiary/aromatic N) is 1. The Morgan fingerprint density at radius 3 is 2.68 bits per heavy atom. The van der Waals surface area contributed by atoms with Crippen molar-refractivity contribution in [3.05, 3.63) is 58.6 Å². The van der Waals surface area contributed by atoms with Gasteiger partial charge in [0.1, 0.15) is 17.6 Å². The molecule has 0 saturated carbocycles. The lowest BCUT2D eigenvalue weighted by atomic mass is 9.90. The number of carbonyl (C=O) groups is 1. The van der Waals surface area contributed by atoms with E-state index in [-0.39, 0.29) is 5.78 Å². The van der Waals surface area contributed by atoms with E-state index in [2.05, 4.69) is 11.4 Å². The van der Waals surface area contributed by atoms with E-state index in [9.17, 15) is 4.79 Å². The quantitative estimate of drug-likeness (QED) is 0.798. The molecule has 0 amide bonds. The number of rotatable bonds is 5. The van der Waals surface area contributed by atoms with Crippen molar-refractivity contribution in [2.24, 2.45) is 5.92 Å². The Balaban J connectivity index is 1.72. The number of ketones is 1. The first-order chi connectivity index (χ1) is 12.2. The second-order valence-corrected chi connectivity index (χ2v) is 6.58. The summed E-state index contributed by atoms with van der Waals surface area (Å²) in [6, 6.07) is 14.1. The van der Waals surface area contributed by atoms with Crippen molar-refractivity contribution in [3.8, 4) is 17.6 Å². The molecule has 1 heterocycles. The van der Waals surface area contributed by atoms with Gasteiger partial charge >= 0.3 is 0 Å². The fourth-order valence-corrected chi connectivity index (χ4v) is 3.21. The lowest BCUT2D eigenvalue weighted by molar-refractivity contribution is 0.0952. The number of nitrogens with one attached hydrogen (secondary N) is 1. The number of ether oxygens (including phenoxy) is 1. The van der Waals surface area contributed by atoms with E-state index in [0.29, 0.717) is 40.0 Å². The summed E-state index contributed by atoms with van der Waals surface area (Å²) in [5.74, 6) is 1.42. The van der Waals surface area contributed by atoms with Gasteiger partial charge in [0, 0.05) is 12.0 Å². The molecule has 2 aromatic carbocycles. The average molecular weight is 355 g/mol. The van der Waals surface area contributed by atoms with Crippen LogP contribution in [0.15, 0.2) is 42.5 Å².